The molecule has 10 nitrogen and oxygen atoms in total. The van der Waals surface area contributed by atoms with E-state index in [1.54, 1.807) is 30.5 Å². The minimum atomic E-state index is -0.662. The van der Waals surface area contributed by atoms with Crippen molar-refractivity contribution >= 4 is 38.5 Å². The molecule has 0 unspecified atom stereocenters. The molecule has 11 heteroatoms. The number of furan rings is 1. The third-order valence-electron chi connectivity index (χ3n) is 4.71. The number of piperazine rings is 1. The number of nitro groups is 1. The fraction of sp³-hybridized carbons (Fsp3) is 0.333. The minimum absolute atomic E-state index is 0.0260. The van der Waals surface area contributed by atoms with Crippen LogP contribution in [0.15, 0.2) is 28.7 Å². The van der Waals surface area contributed by atoms with E-state index >= 15 is 0 Å². The fourth-order valence-corrected chi connectivity index (χ4v) is 4.25. The van der Waals surface area contributed by atoms with Gasteiger partial charge in [-0.1, -0.05) is 11.3 Å². The Morgan fingerprint density at radius 2 is 1.93 bits per heavy atom. The Morgan fingerprint density at radius 1 is 1.17 bits per heavy atom. The third-order valence-corrected chi connectivity index (χ3v) is 5.79. The van der Waals surface area contributed by atoms with Crippen molar-refractivity contribution in [2.75, 3.05) is 45.3 Å². The minimum Gasteiger partial charge on any atom is -0.493 e. The first-order valence-electron chi connectivity index (χ1n) is 8.81. The topological polar surface area (TPSA) is 111 Å². The van der Waals surface area contributed by atoms with Crippen molar-refractivity contribution in [2.45, 2.75) is 0 Å². The molecule has 0 spiro atoms. The summed E-state index contributed by atoms with van der Waals surface area (Å²) < 4.78 is 16.8. The number of aromatic nitrogens is 1. The molecule has 0 radical (unpaired) electrons. The molecule has 29 heavy (non-hydrogen) atoms. The van der Waals surface area contributed by atoms with Crippen LogP contribution in [0.25, 0.3) is 10.2 Å². The number of carbonyl (C=O) groups excluding carboxylic acids is 1. The standard InChI is InChI=1S/C18H18N4O6S/c1-26-11-3-5-13-15(16(11)27-2)19-18(29-13)21-9-7-20(8-10-21)17(23)12-4-6-14(28-12)22(24)25/h3-6H,7-10H2,1-2H3. The van der Waals surface area contributed by atoms with Crippen molar-refractivity contribution in [3.63, 3.8) is 0 Å². The highest BCUT2D eigenvalue weighted by Gasteiger charge is 2.27. The molecule has 1 aromatic carbocycles. The molecule has 0 saturated carbocycles. The van der Waals surface area contributed by atoms with Crippen molar-refractivity contribution in [1.82, 2.24) is 9.88 Å². The number of methoxy groups -OCH3 is 2. The largest absolute Gasteiger partial charge is 0.493 e. The first-order chi connectivity index (χ1) is 14.0. The van der Waals surface area contributed by atoms with Gasteiger partial charge in [-0.3, -0.25) is 14.9 Å². The van der Waals surface area contributed by atoms with Crippen LogP contribution in [-0.2, 0) is 0 Å². The number of nitrogens with zero attached hydrogens (tertiary/aromatic N) is 4. The van der Waals surface area contributed by atoms with E-state index in [0.29, 0.717) is 37.7 Å². The molecule has 1 aliphatic rings. The van der Waals surface area contributed by atoms with Crippen LogP contribution in [0, 0.1) is 10.1 Å². The summed E-state index contributed by atoms with van der Waals surface area (Å²) in [6, 6.07) is 6.32. The van der Waals surface area contributed by atoms with Gasteiger partial charge in [-0.25, -0.2) is 4.98 Å². The molecule has 0 atom stereocenters. The zero-order chi connectivity index (χ0) is 20.5. The Kier molecular flexibility index (Phi) is 4.97. The maximum absolute atomic E-state index is 12.5. The van der Waals surface area contributed by atoms with Crippen LogP contribution in [0.5, 0.6) is 11.5 Å². The highest BCUT2D eigenvalue weighted by Crippen LogP contribution is 2.40. The number of amides is 1. The van der Waals surface area contributed by atoms with Crippen molar-refractivity contribution in [2.24, 2.45) is 0 Å². The van der Waals surface area contributed by atoms with E-state index < -0.39 is 10.8 Å². The monoisotopic (exact) mass is 418 g/mol. The molecule has 0 bridgehead atoms. The molecule has 4 rings (SSSR count). The van der Waals surface area contributed by atoms with Gasteiger partial charge in [-0.05, 0) is 18.2 Å². The van der Waals surface area contributed by atoms with Gasteiger partial charge >= 0.3 is 5.88 Å². The molecule has 3 heterocycles. The number of benzene rings is 1. The van der Waals surface area contributed by atoms with Crippen LogP contribution in [0.3, 0.4) is 0 Å². The summed E-state index contributed by atoms with van der Waals surface area (Å²) in [6.45, 7) is 2.11. The normalized spacial score (nSPS) is 14.3. The SMILES string of the molecule is COc1ccc2sc(N3CCN(C(=O)c4ccc([N+](=O)[O-])o4)CC3)nc2c1OC. The first kappa shape index (κ1) is 19.0. The van der Waals surface area contributed by atoms with Gasteiger partial charge in [0.2, 0.25) is 0 Å². The van der Waals surface area contributed by atoms with Gasteiger partial charge in [0.25, 0.3) is 5.91 Å². The van der Waals surface area contributed by atoms with Crippen LogP contribution in [0.1, 0.15) is 10.6 Å². The number of hydrogen-bond acceptors (Lipinski definition) is 9. The molecular formula is C18H18N4O6S. The van der Waals surface area contributed by atoms with Gasteiger partial charge in [-0.15, -0.1) is 0 Å². The lowest BCUT2D eigenvalue weighted by atomic mass is 10.3. The van der Waals surface area contributed by atoms with E-state index in [1.165, 1.54) is 12.1 Å². The number of thiazole rings is 1. The van der Waals surface area contributed by atoms with Gasteiger partial charge in [0.05, 0.1) is 25.0 Å². The zero-order valence-corrected chi connectivity index (χ0v) is 16.6. The summed E-state index contributed by atoms with van der Waals surface area (Å²) in [4.78, 5) is 31.0. The summed E-state index contributed by atoms with van der Waals surface area (Å²) in [5.74, 6) is 0.404. The van der Waals surface area contributed by atoms with E-state index in [9.17, 15) is 14.9 Å². The maximum atomic E-state index is 12.5. The Morgan fingerprint density at radius 3 is 2.55 bits per heavy atom. The average Bonchev–Trinajstić information content (AvgIpc) is 3.40. The Labute approximate surface area is 169 Å². The lowest BCUT2D eigenvalue weighted by Crippen LogP contribution is -2.48. The third kappa shape index (κ3) is 3.44. The number of ether oxygens (including phenoxy) is 2. The number of anilines is 1. The van der Waals surface area contributed by atoms with Crippen molar-refractivity contribution in [1.29, 1.82) is 0 Å². The van der Waals surface area contributed by atoms with E-state index in [-0.39, 0.29) is 11.7 Å². The zero-order valence-electron chi connectivity index (χ0n) is 15.8. The van der Waals surface area contributed by atoms with Gasteiger partial charge in [-0.2, -0.15) is 0 Å². The van der Waals surface area contributed by atoms with Crippen LogP contribution in [0.2, 0.25) is 0 Å². The highest BCUT2D eigenvalue weighted by atomic mass is 32.1. The smallest absolute Gasteiger partial charge is 0.433 e. The fourth-order valence-electron chi connectivity index (χ4n) is 3.23. The molecule has 1 saturated heterocycles. The number of hydrogen-bond donors (Lipinski definition) is 0. The van der Waals surface area contributed by atoms with Crippen LogP contribution < -0.4 is 14.4 Å². The summed E-state index contributed by atoms with van der Waals surface area (Å²) in [6.07, 6.45) is 0. The lowest BCUT2D eigenvalue weighted by Gasteiger charge is -2.34. The van der Waals surface area contributed by atoms with E-state index in [0.717, 1.165) is 15.3 Å². The molecule has 1 aliphatic heterocycles. The Balaban J connectivity index is 1.48. The maximum Gasteiger partial charge on any atom is 0.433 e. The summed E-state index contributed by atoms with van der Waals surface area (Å²) in [5.41, 5.74) is 0.744. The quantitative estimate of drug-likeness (QED) is 0.459. The van der Waals surface area contributed by atoms with E-state index in [2.05, 4.69) is 4.90 Å². The molecule has 0 aliphatic carbocycles. The van der Waals surface area contributed by atoms with E-state index in [4.69, 9.17) is 18.9 Å². The van der Waals surface area contributed by atoms with Gasteiger partial charge in [0.15, 0.2) is 22.4 Å². The molecule has 1 fully saturated rings. The number of carbonyl (C=O) groups is 1. The average molecular weight is 418 g/mol. The highest BCUT2D eigenvalue weighted by molar-refractivity contribution is 7.22. The number of fused-ring (bicyclic) bond motifs is 1. The van der Waals surface area contributed by atoms with Crippen LogP contribution >= 0.6 is 11.3 Å². The Bertz CT molecular complexity index is 1070. The second-order valence-electron chi connectivity index (χ2n) is 6.32. The molecule has 2 aromatic heterocycles. The van der Waals surface area contributed by atoms with Crippen molar-refractivity contribution in [3.8, 4) is 11.5 Å². The second kappa shape index (κ2) is 7.59. The second-order valence-corrected chi connectivity index (χ2v) is 7.33. The predicted molar refractivity (Wildman–Crippen MR) is 106 cm³/mol. The first-order valence-corrected chi connectivity index (χ1v) is 9.63. The molecule has 152 valence electrons. The Hall–Kier alpha value is -3.34. The lowest BCUT2D eigenvalue weighted by molar-refractivity contribution is -0.402. The molecule has 0 N–H and O–H groups in total. The predicted octanol–water partition coefficient (Wildman–Crippen LogP) is 2.78. The summed E-state index contributed by atoms with van der Waals surface area (Å²) in [7, 11) is 3.17. The van der Waals surface area contributed by atoms with Crippen LogP contribution in [-0.4, -0.2) is 61.1 Å². The summed E-state index contributed by atoms with van der Waals surface area (Å²) >= 11 is 1.55. The van der Waals surface area contributed by atoms with Gasteiger partial charge < -0.3 is 23.7 Å². The van der Waals surface area contributed by atoms with Gasteiger partial charge in [0.1, 0.15) is 10.4 Å². The molecule has 1 amide bonds. The van der Waals surface area contributed by atoms with Crippen molar-refractivity contribution in [3.05, 3.63) is 40.1 Å². The van der Waals surface area contributed by atoms with E-state index in [1.807, 2.05) is 12.1 Å². The molecule has 3 aromatic rings. The van der Waals surface area contributed by atoms with Gasteiger partial charge in [0, 0.05) is 26.2 Å². The molecular weight excluding hydrogens is 400 g/mol. The summed E-state index contributed by atoms with van der Waals surface area (Å²) in [5, 5.41) is 11.6. The van der Waals surface area contributed by atoms with Crippen LogP contribution in [0.4, 0.5) is 11.0 Å². The number of rotatable bonds is 5. The van der Waals surface area contributed by atoms with Crippen molar-refractivity contribution < 1.29 is 23.6 Å².